The fourth-order valence-electron chi connectivity index (χ4n) is 3.11. The number of methoxy groups -OCH3 is 1. The van der Waals surface area contributed by atoms with Crippen molar-refractivity contribution >= 4 is 62.2 Å². The fourth-order valence-corrected chi connectivity index (χ4v) is 4.64. The zero-order valence-corrected chi connectivity index (χ0v) is 18.1. The molecule has 0 bridgehead atoms. The molecule has 30 heavy (non-hydrogen) atoms. The zero-order valence-electron chi connectivity index (χ0n) is 15.7. The Bertz CT molecular complexity index is 1270. The first-order valence-electron chi connectivity index (χ1n) is 8.94. The van der Waals surface area contributed by atoms with Crippen molar-refractivity contribution in [3.63, 3.8) is 0 Å². The summed E-state index contributed by atoms with van der Waals surface area (Å²) in [6.07, 6.45) is 0. The number of esters is 1. The van der Waals surface area contributed by atoms with Gasteiger partial charge in [-0.15, -0.1) is 11.3 Å². The maximum atomic E-state index is 13.0. The van der Waals surface area contributed by atoms with E-state index in [2.05, 4.69) is 5.32 Å². The van der Waals surface area contributed by atoms with Crippen LogP contribution in [0.5, 0.6) is 0 Å². The van der Waals surface area contributed by atoms with Crippen LogP contribution in [0.1, 0.15) is 20.0 Å². The molecule has 7 heteroatoms. The Morgan fingerprint density at radius 2 is 1.70 bits per heavy atom. The minimum Gasteiger partial charge on any atom is -0.465 e. The van der Waals surface area contributed by atoms with Crippen LogP contribution in [0, 0.1) is 0 Å². The SMILES string of the molecule is COC(=O)c1ccc(NC(=O)c2sc3ccccc3c2Cl)c(-c2ccc(Cl)cc2)c1. The summed E-state index contributed by atoms with van der Waals surface area (Å²) < 4.78 is 5.76. The largest absolute Gasteiger partial charge is 0.465 e. The number of nitrogens with one attached hydrogen (secondary N) is 1. The van der Waals surface area contributed by atoms with Crippen molar-refractivity contribution in [2.24, 2.45) is 0 Å². The predicted octanol–water partition coefficient (Wildman–Crippen LogP) is 6.91. The lowest BCUT2D eigenvalue weighted by Crippen LogP contribution is -2.12. The van der Waals surface area contributed by atoms with Gasteiger partial charge in [0.15, 0.2) is 0 Å². The molecule has 0 fully saturated rings. The Kier molecular flexibility index (Phi) is 5.77. The van der Waals surface area contributed by atoms with Gasteiger partial charge in [0.1, 0.15) is 4.88 Å². The molecule has 0 radical (unpaired) electrons. The van der Waals surface area contributed by atoms with Gasteiger partial charge < -0.3 is 10.1 Å². The molecule has 1 aromatic heterocycles. The molecule has 3 aromatic carbocycles. The van der Waals surface area contributed by atoms with E-state index in [1.165, 1.54) is 18.4 Å². The van der Waals surface area contributed by atoms with Crippen LogP contribution in [0.3, 0.4) is 0 Å². The number of fused-ring (bicyclic) bond motifs is 1. The van der Waals surface area contributed by atoms with Crippen molar-refractivity contribution in [3.8, 4) is 11.1 Å². The van der Waals surface area contributed by atoms with E-state index in [1.807, 2.05) is 36.4 Å². The summed E-state index contributed by atoms with van der Waals surface area (Å²) in [5.74, 6) is -0.780. The second-order valence-electron chi connectivity index (χ2n) is 6.45. The minimum absolute atomic E-state index is 0.317. The number of thiophene rings is 1. The maximum Gasteiger partial charge on any atom is 0.337 e. The summed E-state index contributed by atoms with van der Waals surface area (Å²) in [5, 5.41) is 4.78. The normalized spacial score (nSPS) is 10.8. The summed E-state index contributed by atoms with van der Waals surface area (Å²) in [6, 6.07) is 19.7. The first kappa shape index (κ1) is 20.4. The first-order valence-corrected chi connectivity index (χ1v) is 10.5. The minimum atomic E-state index is -0.462. The number of ether oxygens (including phenoxy) is 1. The highest BCUT2D eigenvalue weighted by atomic mass is 35.5. The molecule has 0 atom stereocenters. The van der Waals surface area contributed by atoms with E-state index in [0.717, 1.165) is 15.6 Å². The number of carbonyl (C=O) groups excluding carboxylic acids is 2. The van der Waals surface area contributed by atoms with E-state index < -0.39 is 5.97 Å². The third-order valence-electron chi connectivity index (χ3n) is 4.59. The van der Waals surface area contributed by atoms with E-state index in [1.54, 1.807) is 30.3 Å². The van der Waals surface area contributed by atoms with Crippen LogP contribution in [0.4, 0.5) is 5.69 Å². The molecule has 0 spiro atoms. The molecule has 4 aromatic rings. The monoisotopic (exact) mass is 455 g/mol. The average molecular weight is 456 g/mol. The van der Waals surface area contributed by atoms with E-state index in [0.29, 0.717) is 31.7 Å². The van der Waals surface area contributed by atoms with E-state index in [-0.39, 0.29) is 5.91 Å². The Labute approximate surface area is 187 Å². The van der Waals surface area contributed by atoms with Crippen molar-refractivity contribution in [3.05, 3.63) is 87.2 Å². The number of benzene rings is 3. The number of hydrogen-bond acceptors (Lipinski definition) is 4. The lowest BCUT2D eigenvalue weighted by molar-refractivity contribution is 0.0600. The standard InChI is InChI=1S/C23H15Cl2NO3S/c1-29-23(28)14-8-11-18(17(12-14)13-6-9-15(24)10-7-13)26-22(27)21-20(25)16-4-2-3-5-19(16)30-21/h2-12H,1H3,(H,26,27). The highest BCUT2D eigenvalue weighted by Gasteiger charge is 2.19. The summed E-state index contributed by atoms with van der Waals surface area (Å²) in [6.45, 7) is 0. The van der Waals surface area contributed by atoms with Crippen molar-refractivity contribution in [1.29, 1.82) is 0 Å². The van der Waals surface area contributed by atoms with Crippen LogP contribution in [0.2, 0.25) is 10.0 Å². The number of rotatable bonds is 4. The van der Waals surface area contributed by atoms with Crippen molar-refractivity contribution in [2.75, 3.05) is 12.4 Å². The van der Waals surface area contributed by atoms with Gasteiger partial charge in [0.05, 0.1) is 17.7 Å². The molecular weight excluding hydrogens is 441 g/mol. The number of anilines is 1. The number of carbonyl (C=O) groups is 2. The first-order chi connectivity index (χ1) is 14.5. The van der Waals surface area contributed by atoms with Crippen molar-refractivity contribution < 1.29 is 14.3 Å². The van der Waals surface area contributed by atoms with Crippen LogP contribution in [0.15, 0.2) is 66.7 Å². The molecule has 0 aliphatic heterocycles. The molecular formula is C23H15Cl2NO3S. The van der Waals surface area contributed by atoms with Crippen LogP contribution < -0.4 is 5.32 Å². The van der Waals surface area contributed by atoms with Gasteiger partial charge in [-0.25, -0.2) is 4.79 Å². The highest BCUT2D eigenvalue weighted by Crippen LogP contribution is 2.37. The Hall–Kier alpha value is -2.86. The van der Waals surface area contributed by atoms with Gasteiger partial charge in [-0.3, -0.25) is 4.79 Å². The average Bonchev–Trinajstić information content (AvgIpc) is 3.11. The summed E-state index contributed by atoms with van der Waals surface area (Å²) >= 11 is 13.8. The van der Waals surface area contributed by atoms with Gasteiger partial charge in [0, 0.05) is 26.4 Å². The van der Waals surface area contributed by atoms with Crippen LogP contribution in [-0.4, -0.2) is 19.0 Å². The third-order valence-corrected chi connectivity index (χ3v) is 6.51. The molecule has 1 amide bonds. The van der Waals surface area contributed by atoms with E-state index in [9.17, 15) is 9.59 Å². The lowest BCUT2D eigenvalue weighted by atomic mass is 10.0. The second kappa shape index (κ2) is 8.48. The predicted molar refractivity (Wildman–Crippen MR) is 123 cm³/mol. The Balaban J connectivity index is 1.75. The van der Waals surface area contributed by atoms with Gasteiger partial charge in [-0.2, -0.15) is 0 Å². The molecule has 0 aliphatic carbocycles. The molecule has 0 saturated carbocycles. The van der Waals surface area contributed by atoms with E-state index >= 15 is 0 Å². The molecule has 0 aliphatic rings. The van der Waals surface area contributed by atoms with Crippen LogP contribution in [0.25, 0.3) is 21.2 Å². The van der Waals surface area contributed by atoms with E-state index in [4.69, 9.17) is 27.9 Å². The third kappa shape index (κ3) is 3.92. The van der Waals surface area contributed by atoms with Crippen molar-refractivity contribution in [1.82, 2.24) is 0 Å². The van der Waals surface area contributed by atoms with Gasteiger partial charge in [0.25, 0.3) is 5.91 Å². The van der Waals surface area contributed by atoms with Gasteiger partial charge in [-0.1, -0.05) is 53.5 Å². The fraction of sp³-hybridized carbons (Fsp3) is 0.0435. The van der Waals surface area contributed by atoms with Crippen LogP contribution in [-0.2, 0) is 4.74 Å². The Morgan fingerprint density at radius 1 is 0.967 bits per heavy atom. The summed E-state index contributed by atoms with van der Waals surface area (Å²) in [7, 11) is 1.32. The molecule has 4 nitrogen and oxygen atoms in total. The van der Waals surface area contributed by atoms with Crippen molar-refractivity contribution in [2.45, 2.75) is 0 Å². The number of amides is 1. The molecule has 4 rings (SSSR count). The lowest BCUT2D eigenvalue weighted by Gasteiger charge is -2.13. The van der Waals surface area contributed by atoms with Gasteiger partial charge in [-0.05, 0) is 42.0 Å². The number of hydrogen-bond donors (Lipinski definition) is 1. The molecule has 1 heterocycles. The quantitative estimate of drug-likeness (QED) is 0.340. The highest BCUT2D eigenvalue weighted by molar-refractivity contribution is 7.21. The smallest absolute Gasteiger partial charge is 0.337 e. The molecule has 150 valence electrons. The van der Waals surface area contributed by atoms with Gasteiger partial charge >= 0.3 is 5.97 Å². The summed E-state index contributed by atoms with van der Waals surface area (Å²) in [5.41, 5.74) is 2.38. The summed E-state index contributed by atoms with van der Waals surface area (Å²) in [4.78, 5) is 25.5. The maximum absolute atomic E-state index is 13.0. The molecule has 0 saturated heterocycles. The second-order valence-corrected chi connectivity index (χ2v) is 8.32. The molecule has 0 unspecified atom stereocenters. The molecule has 1 N–H and O–H groups in total. The number of halogens is 2. The zero-order chi connectivity index (χ0) is 21.3. The van der Waals surface area contributed by atoms with Gasteiger partial charge in [0.2, 0.25) is 0 Å². The topological polar surface area (TPSA) is 55.4 Å². The Morgan fingerprint density at radius 3 is 2.40 bits per heavy atom. The van der Waals surface area contributed by atoms with Crippen LogP contribution >= 0.6 is 34.5 Å².